The predicted octanol–water partition coefficient (Wildman–Crippen LogP) is 4.10. The molecule has 5 amide bonds. The molecule has 0 spiro atoms. The van der Waals surface area contributed by atoms with E-state index < -0.39 is 55.0 Å². The van der Waals surface area contributed by atoms with Crippen molar-refractivity contribution in [1.82, 2.24) is 15.3 Å². The summed E-state index contributed by atoms with van der Waals surface area (Å²) in [6, 6.07) is 15.5. The topological polar surface area (TPSA) is 159 Å². The van der Waals surface area contributed by atoms with Gasteiger partial charge in [0.1, 0.15) is 12.1 Å². The molecule has 3 rings (SSSR count). The van der Waals surface area contributed by atoms with Gasteiger partial charge in [-0.25, -0.2) is 4.90 Å². The molecule has 4 N–H and O–H groups in total. The summed E-state index contributed by atoms with van der Waals surface area (Å²) in [7, 11) is -3.55. The van der Waals surface area contributed by atoms with Crippen LogP contribution >= 0.6 is 7.29 Å². The molecule has 2 unspecified atom stereocenters. The summed E-state index contributed by atoms with van der Waals surface area (Å²) in [5, 5.41) is 5.31. The number of hydrogen-bond acceptors (Lipinski definition) is 7. The second-order valence-electron chi connectivity index (χ2n) is 12.8. The van der Waals surface area contributed by atoms with Crippen LogP contribution < -0.4 is 21.0 Å². The van der Waals surface area contributed by atoms with Crippen molar-refractivity contribution in [3.63, 3.8) is 0 Å². The van der Waals surface area contributed by atoms with Crippen LogP contribution in [0.5, 0.6) is 0 Å². The molecule has 47 heavy (non-hydrogen) atoms. The lowest BCUT2D eigenvalue weighted by Crippen LogP contribution is -2.52. The molecule has 1 saturated heterocycles. The van der Waals surface area contributed by atoms with E-state index in [1.165, 1.54) is 18.7 Å². The number of likely N-dealkylation sites (tertiary alicyclic amines) is 1. The minimum Gasteiger partial charge on any atom is -0.343 e. The number of amides is 5. The van der Waals surface area contributed by atoms with Crippen LogP contribution in [0.3, 0.4) is 0 Å². The molecule has 0 radical (unpaired) electrons. The van der Waals surface area contributed by atoms with Crippen molar-refractivity contribution in [3.05, 3.63) is 66.2 Å². The summed E-state index contributed by atoms with van der Waals surface area (Å²) in [6.45, 7) is 8.93. The van der Waals surface area contributed by atoms with Crippen LogP contribution in [0, 0.1) is 11.8 Å². The van der Waals surface area contributed by atoms with Crippen molar-refractivity contribution < 1.29 is 28.5 Å². The zero-order valence-corrected chi connectivity index (χ0v) is 29.1. The Morgan fingerprint density at radius 1 is 0.979 bits per heavy atom. The number of carbonyl (C=O) groups excluding carboxylic acids is 5. The molecule has 0 aromatic heterocycles. The van der Waals surface area contributed by atoms with E-state index in [-0.39, 0.29) is 30.6 Å². The van der Waals surface area contributed by atoms with Crippen LogP contribution in [-0.2, 0) is 35.0 Å². The summed E-state index contributed by atoms with van der Waals surface area (Å²) in [5.74, 6) is -3.17. The average Bonchev–Trinajstić information content (AvgIpc) is 3.55. The highest BCUT2D eigenvalue weighted by Gasteiger charge is 2.39. The lowest BCUT2D eigenvalue weighted by molar-refractivity contribution is -0.137. The zero-order valence-electron chi connectivity index (χ0n) is 28.2. The summed E-state index contributed by atoms with van der Waals surface area (Å²) < 4.78 is 14.3. The Bertz CT molecular complexity index is 1440. The Labute approximate surface area is 278 Å². The smallest absolute Gasteiger partial charge is 0.250 e. The quantitative estimate of drug-likeness (QED) is 0.241. The van der Waals surface area contributed by atoms with Crippen molar-refractivity contribution in [1.29, 1.82) is 0 Å². The molecule has 0 saturated carbocycles. The fourth-order valence-corrected chi connectivity index (χ4v) is 8.03. The van der Waals surface area contributed by atoms with Crippen LogP contribution in [0.1, 0.15) is 65.9 Å². The largest absolute Gasteiger partial charge is 0.343 e. The van der Waals surface area contributed by atoms with E-state index >= 15 is 0 Å². The minimum atomic E-state index is -3.55. The molecule has 0 bridgehead atoms. The first-order valence-electron chi connectivity index (χ1n) is 16.5. The van der Waals surface area contributed by atoms with Gasteiger partial charge in [0.2, 0.25) is 23.6 Å². The number of imide groups is 1. The van der Waals surface area contributed by atoms with E-state index in [2.05, 4.69) is 10.4 Å². The number of carbonyl (C=O) groups is 5. The molecule has 5 atom stereocenters. The first kappa shape index (κ1) is 37.6. The van der Waals surface area contributed by atoms with Gasteiger partial charge in [-0.3, -0.25) is 24.0 Å². The van der Waals surface area contributed by atoms with Crippen molar-refractivity contribution in [3.8, 4) is 0 Å². The second kappa shape index (κ2) is 17.4. The van der Waals surface area contributed by atoms with E-state index in [0.29, 0.717) is 37.9 Å². The normalized spacial score (nSPS) is 17.7. The van der Waals surface area contributed by atoms with E-state index in [0.717, 1.165) is 10.5 Å². The molecule has 2 aromatic rings. The van der Waals surface area contributed by atoms with Gasteiger partial charge in [-0.1, -0.05) is 69.3 Å². The maximum atomic E-state index is 14.4. The van der Waals surface area contributed by atoms with E-state index in [1.54, 1.807) is 37.3 Å². The van der Waals surface area contributed by atoms with E-state index in [4.69, 9.17) is 5.73 Å². The number of aryl methyl sites for hydroxylation is 1. The lowest BCUT2D eigenvalue weighted by Gasteiger charge is -2.31. The monoisotopic (exact) mass is 667 g/mol. The molecule has 12 heteroatoms. The molecule has 2 aromatic carbocycles. The highest BCUT2D eigenvalue weighted by Crippen LogP contribution is 2.44. The van der Waals surface area contributed by atoms with Gasteiger partial charge in [-0.05, 0) is 62.6 Å². The van der Waals surface area contributed by atoms with Crippen LogP contribution in [0.25, 0.3) is 0 Å². The van der Waals surface area contributed by atoms with Gasteiger partial charge < -0.3 is 25.6 Å². The maximum Gasteiger partial charge on any atom is 0.250 e. The third-order valence-corrected chi connectivity index (χ3v) is 11.2. The third kappa shape index (κ3) is 10.6. The van der Waals surface area contributed by atoms with Gasteiger partial charge in [-0.2, -0.15) is 0 Å². The SMILES string of the molecule is CCP(=O)(CC(CCc1ccccc1)C(=O)N(C(=O)[C@@H](N)CC(C)C)c1ccccc1)NC(=O)[C@H](C)NC(=O)[C@@H]1CCCN1C(C)=O. The highest BCUT2D eigenvalue weighted by atomic mass is 31.2. The number of nitrogens with zero attached hydrogens (tertiary/aromatic N) is 2. The van der Waals surface area contributed by atoms with Crippen LogP contribution in [0.2, 0.25) is 0 Å². The fourth-order valence-electron chi connectivity index (χ4n) is 5.87. The Morgan fingerprint density at radius 2 is 1.60 bits per heavy atom. The molecule has 0 aliphatic carbocycles. The molecular formula is C35H50N5O6P. The Morgan fingerprint density at radius 3 is 2.17 bits per heavy atom. The fraction of sp³-hybridized carbons (Fsp3) is 0.514. The first-order chi connectivity index (χ1) is 22.3. The average molecular weight is 668 g/mol. The summed E-state index contributed by atoms with van der Waals surface area (Å²) in [4.78, 5) is 69.0. The van der Waals surface area contributed by atoms with Crippen LogP contribution in [-0.4, -0.2) is 71.4 Å². The Kier molecular flexibility index (Phi) is 13.9. The molecule has 1 aliphatic heterocycles. The van der Waals surface area contributed by atoms with Gasteiger partial charge in [0, 0.05) is 31.7 Å². The summed E-state index contributed by atoms with van der Waals surface area (Å²) in [5.41, 5.74) is 7.65. The minimum absolute atomic E-state index is 0.0570. The number of para-hydroxylation sites is 1. The van der Waals surface area contributed by atoms with Gasteiger partial charge in [-0.15, -0.1) is 0 Å². The van der Waals surface area contributed by atoms with Gasteiger partial charge in [0.15, 0.2) is 7.29 Å². The molecule has 1 heterocycles. The summed E-state index contributed by atoms with van der Waals surface area (Å²) >= 11 is 0. The first-order valence-corrected chi connectivity index (χ1v) is 18.5. The predicted molar refractivity (Wildman–Crippen MR) is 184 cm³/mol. The van der Waals surface area contributed by atoms with Crippen molar-refractivity contribution >= 4 is 42.5 Å². The van der Waals surface area contributed by atoms with Crippen molar-refractivity contribution in [2.45, 2.75) is 84.8 Å². The number of nitrogens with two attached hydrogens (primary N) is 1. The standard InChI is InChI=1S/C35H50N5O6P/c1-6-47(46,38-32(42)25(4)37-33(43)31-18-13-21-39(31)26(5)41)23-28(20-19-27-14-9-7-10-15-27)34(44)40(29-16-11-8-12-17-29)35(45)30(36)22-24(2)3/h7-12,14-17,24-25,28,30-31H,6,13,18-23,36H2,1-5H3,(H,37,43)(H,38,42,46)/t25-,28?,30-,31-,47?/m0/s1. The maximum absolute atomic E-state index is 14.4. The van der Waals surface area contributed by atoms with Gasteiger partial charge in [0.05, 0.1) is 11.7 Å². The van der Waals surface area contributed by atoms with Gasteiger partial charge in [0.25, 0.3) is 5.91 Å². The molecule has 1 aliphatic rings. The number of nitrogens with one attached hydrogen (secondary N) is 2. The highest BCUT2D eigenvalue weighted by molar-refractivity contribution is 7.62. The number of hydrogen-bond donors (Lipinski definition) is 3. The van der Waals surface area contributed by atoms with Crippen LogP contribution in [0.15, 0.2) is 60.7 Å². The number of benzene rings is 2. The zero-order chi connectivity index (χ0) is 34.7. The number of rotatable bonds is 15. The lowest BCUT2D eigenvalue weighted by atomic mass is 9.98. The molecular weight excluding hydrogens is 617 g/mol. The van der Waals surface area contributed by atoms with E-state index in [1.807, 2.05) is 44.2 Å². The molecule has 256 valence electrons. The second-order valence-corrected chi connectivity index (χ2v) is 15.8. The van der Waals surface area contributed by atoms with Crippen molar-refractivity contribution in [2.24, 2.45) is 17.6 Å². The van der Waals surface area contributed by atoms with E-state index in [9.17, 15) is 28.5 Å². The summed E-state index contributed by atoms with van der Waals surface area (Å²) in [6.07, 6.45) is 2.18. The van der Waals surface area contributed by atoms with Crippen LogP contribution in [0.4, 0.5) is 5.69 Å². The third-order valence-electron chi connectivity index (χ3n) is 8.52. The Hall–Kier alpha value is -3.82. The molecule has 11 nitrogen and oxygen atoms in total. The number of anilines is 1. The Balaban J connectivity index is 1.87. The van der Waals surface area contributed by atoms with Crippen molar-refractivity contribution in [2.75, 3.05) is 23.8 Å². The van der Waals surface area contributed by atoms with Gasteiger partial charge >= 0.3 is 0 Å². The molecule has 1 fully saturated rings.